The van der Waals surface area contributed by atoms with Crippen LogP contribution in [-0.2, 0) is 16.1 Å². The Morgan fingerprint density at radius 3 is 2.77 bits per heavy atom. The van der Waals surface area contributed by atoms with E-state index >= 15 is 0 Å². The molecule has 0 aromatic heterocycles. The minimum absolute atomic E-state index is 0. The summed E-state index contributed by atoms with van der Waals surface area (Å²) in [4.78, 5) is 26.6. The lowest BCUT2D eigenvalue weighted by molar-refractivity contribution is -0.134. The van der Waals surface area contributed by atoms with Gasteiger partial charge < -0.3 is 15.5 Å². The Balaban J connectivity index is 0.00000196. The van der Waals surface area contributed by atoms with Crippen molar-refractivity contribution in [3.05, 3.63) is 29.8 Å². The molecule has 2 heterocycles. The number of rotatable bonds is 4. The first-order valence-electron chi connectivity index (χ1n) is 9.57. The van der Waals surface area contributed by atoms with E-state index in [4.69, 9.17) is 0 Å². The van der Waals surface area contributed by atoms with Gasteiger partial charge in [0, 0.05) is 31.7 Å². The third kappa shape index (κ3) is 3.47. The van der Waals surface area contributed by atoms with Crippen molar-refractivity contribution >= 4 is 29.9 Å². The fourth-order valence-electron chi connectivity index (χ4n) is 4.76. The first-order chi connectivity index (χ1) is 12.2. The van der Waals surface area contributed by atoms with Gasteiger partial charge in [-0.2, -0.15) is 0 Å². The van der Waals surface area contributed by atoms with Crippen LogP contribution in [0.4, 0.5) is 5.69 Å². The van der Waals surface area contributed by atoms with Gasteiger partial charge in [-0.3, -0.25) is 9.59 Å². The van der Waals surface area contributed by atoms with Crippen LogP contribution in [-0.4, -0.2) is 31.4 Å². The fraction of sp³-hybridized carbons (Fsp3) is 0.600. The summed E-state index contributed by atoms with van der Waals surface area (Å²) in [6.07, 6.45) is 6.16. The molecule has 1 aromatic rings. The van der Waals surface area contributed by atoms with Crippen molar-refractivity contribution in [3.8, 4) is 0 Å². The lowest BCUT2D eigenvalue weighted by Gasteiger charge is -2.37. The first-order valence-corrected chi connectivity index (χ1v) is 9.57. The molecule has 4 rings (SSSR count). The molecule has 6 heteroatoms. The first kappa shape index (κ1) is 19.2. The molecule has 3 aliphatic rings. The van der Waals surface area contributed by atoms with E-state index in [0.717, 1.165) is 50.1 Å². The fourth-order valence-corrected chi connectivity index (χ4v) is 4.76. The number of fused-ring (bicyclic) bond motifs is 1. The summed E-state index contributed by atoms with van der Waals surface area (Å²) >= 11 is 0. The molecule has 2 amide bonds. The second kappa shape index (κ2) is 7.97. The van der Waals surface area contributed by atoms with E-state index in [1.54, 1.807) is 0 Å². The summed E-state index contributed by atoms with van der Waals surface area (Å²) in [6.45, 7) is 3.17. The molecule has 3 fully saturated rings. The summed E-state index contributed by atoms with van der Waals surface area (Å²) in [5.74, 6) is 0.906. The van der Waals surface area contributed by atoms with E-state index in [9.17, 15) is 9.59 Å². The zero-order chi connectivity index (χ0) is 17.3. The van der Waals surface area contributed by atoms with Gasteiger partial charge in [-0.15, -0.1) is 12.4 Å². The second-order valence-corrected chi connectivity index (χ2v) is 7.73. The van der Waals surface area contributed by atoms with Crippen molar-refractivity contribution < 1.29 is 9.59 Å². The number of halogens is 1. The van der Waals surface area contributed by atoms with Crippen LogP contribution in [0.25, 0.3) is 0 Å². The topological polar surface area (TPSA) is 61.4 Å². The second-order valence-electron chi connectivity index (χ2n) is 7.73. The van der Waals surface area contributed by atoms with E-state index in [-0.39, 0.29) is 29.6 Å². The third-order valence-electron chi connectivity index (χ3n) is 6.26. The Kier molecular flexibility index (Phi) is 5.88. The number of hydrogen-bond donors (Lipinski definition) is 2. The molecule has 1 aliphatic carbocycles. The molecule has 5 nitrogen and oxygen atoms in total. The zero-order valence-corrected chi connectivity index (χ0v) is 15.9. The van der Waals surface area contributed by atoms with Crippen molar-refractivity contribution in [3.63, 3.8) is 0 Å². The van der Waals surface area contributed by atoms with Crippen LogP contribution in [0.1, 0.15) is 44.1 Å². The van der Waals surface area contributed by atoms with E-state index in [1.165, 1.54) is 12.8 Å². The predicted molar refractivity (Wildman–Crippen MR) is 104 cm³/mol. The normalized spacial score (nSPS) is 27.8. The van der Waals surface area contributed by atoms with Crippen LogP contribution < -0.4 is 15.5 Å². The number of nitrogens with one attached hydrogen (secondary N) is 2. The molecule has 0 radical (unpaired) electrons. The molecule has 1 saturated carbocycles. The van der Waals surface area contributed by atoms with Gasteiger partial charge in [-0.05, 0) is 49.4 Å². The summed E-state index contributed by atoms with van der Waals surface area (Å²) in [6, 6.07) is 8.02. The van der Waals surface area contributed by atoms with Crippen molar-refractivity contribution in [1.82, 2.24) is 10.6 Å². The molecular weight excluding hydrogens is 350 g/mol. The maximum atomic E-state index is 12.9. The molecule has 1 aromatic carbocycles. The molecule has 0 spiro atoms. The van der Waals surface area contributed by atoms with Crippen LogP contribution in [0.2, 0.25) is 0 Å². The quantitative estimate of drug-likeness (QED) is 0.847. The SMILES string of the molecule is Cl.O=C1CCCN1c1ccc(CNC(=O)[C@@]23CCCC[C@H]2CNC3)cc1. The molecule has 2 aliphatic heterocycles. The molecule has 142 valence electrons. The summed E-state index contributed by atoms with van der Waals surface area (Å²) in [5.41, 5.74) is 1.85. The van der Waals surface area contributed by atoms with Crippen molar-refractivity contribution in [2.24, 2.45) is 11.3 Å². The molecule has 0 unspecified atom stereocenters. The number of amides is 2. The smallest absolute Gasteiger partial charge is 0.228 e. The number of hydrogen-bond acceptors (Lipinski definition) is 3. The van der Waals surface area contributed by atoms with Gasteiger partial charge in [-0.1, -0.05) is 25.0 Å². The van der Waals surface area contributed by atoms with Crippen molar-refractivity contribution in [2.45, 2.75) is 45.1 Å². The minimum atomic E-state index is -0.194. The Morgan fingerprint density at radius 2 is 2.04 bits per heavy atom. The number of carbonyl (C=O) groups excluding carboxylic acids is 2. The average Bonchev–Trinajstić information content (AvgIpc) is 3.27. The van der Waals surface area contributed by atoms with Gasteiger partial charge in [0.05, 0.1) is 5.41 Å². The molecule has 2 N–H and O–H groups in total. The number of anilines is 1. The Morgan fingerprint density at radius 1 is 1.23 bits per heavy atom. The Bertz CT molecular complexity index is 664. The Hall–Kier alpha value is -1.59. The third-order valence-corrected chi connectivity index (χ3v) is 6.26. The van der Waals surface area contributed by atoms with Gasteiger partial charge in [0.1, 0.15) is 0 Å². The maximum Gasteiger partial charge on any atom is 0.228 e. The zero-order valence-electron chi connectivity index (χ0n) is 15.1. The van der Waals surface area contributed by atoms with E-state index in [1.807, 2.05) is 29.2 Å². The monoisotopic (exact) mass is 377 g/mol. The largest absolute Gasteiger partial charge is 0.351 e. The summed E-state index contributed by atoms with van der Waals surface area (Å²) < 4.78 is 0. The molecular formula is C20H28ClN3O2. The van der Waals surface area contributed by atoms with Gasteiger partial charge >= 0.3 is 0 Å². The van der Waals surface area contributed by atoms with Crippen molar-refractivity contribution in [2.75, 3.05) is 24.5 Å². The molecule has 26 heavy (non-hydrogen) atoms. The number of carbonyl (C=O) groups is 2. The van der Waals surface area contributed by atoms with Crippen molar-refractivity contribution in [1.29, 1.82) is 0 Å². The summed E-state index contributed by atoms with van der Waals surface area (Å²) in [7, 11) is 0. The van der Waals surface area contributed by atoms with Crippen LogP contribution in [0, 0.1) is 11.3 Å². The van der Waals surface area contributed by atoms with Gasteiger partial charge in [-0.25, -0.2) is 0 Å². The van der Waals surface area contributed by atoms with Gasteiger partial charge in [0.15, 0.2) is 0 Å². The lowest BCUT2D eigenvalue weighted by Crippen LogP contribution is -2.47. The molecule has 2 atom stereocenters. The predicted octanol–water partition coefficient (Wildman–Crippen LogP) is 2.63. The van der Waals surface area contributed by atoms with Crippen LogP contribution >= 0.6 is 12.4 Å². The van der Waals surface area contributed by atoms with Gasteiger partial charge in [0.2, 0.25) is 11.8 Å². The van der Waals surface area contributed by atoms with E-state index < -0.39 is 0 Å². The molecule has 0 bridgehead atoms. The standard InChI is InChI=1S/C20H27N3O2.ClH/c24-18-5-3-11-23(18)17-8-6-15(7-9-17)12-22-19(25)20-10-2-1-4-16(20)13-21-14-20;/h6-9,16,21H,1-5,10-14H2,(H,22,25);1H/t16-,20+;/m0./s1. The highest BCUT2D eigenvalue weighted by atomic mass is 35.5. The minimum Gasteiger partial charge on any atom is -0.351 e. The average molecular weight is 378 g/mol. The van der Waals surface area contributed by atoms with Gasteiger partial charge in [0.25, 0.3) is 0 Å². The van der Waals surface area contributed by atoms with Crippen LogP contribution in [0.5, 0.6) is 0 Å². The lowest BCUT2D eigenvalue weighted by atomic mass is 9.67. The highest BCUT2D eigenvalue weighted by Gasteiger charge is 2.49. The number of nitrogens with zero attached hydrogens (tertiary/aromatic N) is 1. The van der Waals surface area contributed by atoms with E-state index in [2.05, 4.69) is 10.6 Å². The van der Waals surface area contributed by atoms with E-state index in [0.29, 0.717) is 18.9 Å². The molecule has 2 saturated heterocycles. The van der Waals surface area contributed by atoms with Crippen LogP contribution in [0.15, 0.2) is 24.3 Å². The summed E-state index contributed by atoms with van der Waals surface area (Å²) in [5, 5.41) is 6.60. The van der Waals surface area contributed by atoms with Crippen LogP contribution in [0.3, 0.4) is 0 Å². The maximum absolute atomic E-state index is 12.9. The highest BCUT2D eigenvalue weighted by molar-refractivity contribution is 5.95. The highest BCUT2D eigenvalue weighted by Crippen LogP contribution is 2.43. The Labute approximate surface area is 161 Å². The number of benzene rings is 1.